The number of anilines is 2. The average molecular weight is 542 g/mol. The Morgan fingerprint density at radius 3 is 2.54 bits per heavy atom. The van der Waals surface area contributed by atoms with Gasteiger partial charge < -0.3 is 20.2 Å². The molecular formula is C29H24FN5O3S. The van der Waals surface area contributed by atoms with Gasteiger partial charge in [0.1, 0.15) is 12.4 Å². The summed E-state index contributed by atoms with van der Waals surface area (Å²) in [6.45, 7) is 0.786. The summed E-state index contributed by atoms with van der Waals surface area (Å²) in [5, 5.41) is 13.3. The predicted molar refractivity (Wildman–Crippen MR) is 150 cm³/mol. The van der Waals surface area contributed by atoms with Gasteiger partial charge >= 0.3 is 0 Å². The summed E-state index contributed by atoms with van der Waals surface area (Å²) in [7, 11) is 0. The Morgan fingerprint density at radius 1 is 0.923 bits per heavy atom. The number of benzene rings is 3. The Balaban J connectivity index is 1.25. The highest BCUT2D eigenvalue weighted by Gasteiger charge is 2.25. The van der Waals surface area contributed by atoms with Crippen LogP contribution in [0.5, 0.6) is 0 Å². The SMILES string of the molecule is O=C(CO)N1CCN(C(=O)c2ccc(-c3ccc4nccc(Nc5ccc6scnc6c5)c4c3)c(F)c2)CC1. The maximum absolute atomic E-state index is 15.4. The van der Waals surface area contributed by atoms with Crippen LogP contribution in [0.2, 0.25) is 0 Å². The quantitative estimate of drug-likeness (QED) is 0.336. The average Bonchev–Trinajstić information content (AvgIpc) is 3.44. The van der Waals surface area contributed by atoms with E-state index in [1.807, 2.05) is 48.0 Å². The number of carbonyl (C=O) groups is 2. The van der Waals surface area contributed by atoms with Crippen molar-refractivity contribution >= 4 is 55.6 Å². The lowest BCUT2D eigenvalue weighted by Gasteiger charge is -2.34. The zero-order valence-electron chi connectivity index (χ0n) is 20.8. The van der Waals surface area contributed by atoms with Crippen LogP contribution in [0.3, 0.4) is 0 Å². The van der Waals surface area contributed by atoms with Crippen molar-refractivity contribution in [3.05, 3.63) is 83.8 Å². The number of pyridine rings is 1. The first kappa shape index (κ1) is 24.9. The van der Waals surface area contributed by atoms with Crippen molar-refractivity contribution in [1.29, 1.82) is 0 Å². The number of aliphatic hydroxyl groups is 1. The molecule has 1 aliphatic rings. The largest absolute Gasteiger partial charge is 0.387 e. The van der Waals surface area contributed by atoms with Crippen LogP contribution in [-0.2, 0) is 4.79 Å². The standard InChI is InChI=1S/C29H24FN5O3S/c30-23-14-19(29(38)35-11-9-34(10-12-35)28(37)16-36)1-4-21(23)18-2-5-24-22(13-18)25(7-8-31-24)33-20-3-6-27-26(15-20)32-17-39-27/h1-8,13-15,17,36H,9-12,16H2,(H,31,33). The first-order valence-corrected chi connectivity index (χ1v) is 13.3. The van der Waals surface area contributed by atoms with Gasteiger partial charge in [0.2, 0.25) is 5.91 Å². The van der Waals surface area contributed by atoms with Crippen LogP contribution < -0.4 is 5.32 Å². The van der Waals surface area contributed by atoms with E-state index in [0.29, 0.717) is 37.3 Å². The molecule has 3 heterocycles. The maximum Gasteiger partial charge on any atom is 0.254 e. The molecule has 2 amide bonds. The third-order valence-electron chi connectivity index (χ3n) is 6.93. The van der Waals surface area contributed by atoms with Crippen LogP contribution in [0.25, 0.3) is 32.2 Å². The Labute approximate surface area is 227 Å². The van der Waals surface area contributed by atoms with E-state index in [0.717, 1.165) is 32.5 Å². The molecule has 5 aromatic rings. The van der Waals surface area contributed by atoms with Gasteiger partial charge in [-0.25, -0.2) is 9.37 Å². The van der Waals surface area contributed by atoms with Crippen molar-refractivity contribution in [3.63, 3.8) is 0 Å². The van der Waals surface area contributed by atoms with Gasteiger partial charge in [0.05, 0.1) is 21.2 Å². The summed E-state index contributed by atoms with van der Waals surface area (Å²) >= 11 is 1.59. The molecule has 8 nitrogen and oxygen atoms in total. The molecule has 0 radical (unpaired) electrons. The van der Waals surface area contributed by atoms with Crippen LogP contribution >= 0.6 is 11.3 Å². The van der Waals surface area contributed by atoms with Gasteiger partial charge in [-0.05, 0) is 54.1 Å². The minimum Gasteiger partial charge on any atom is -0.387 e. The van der Waals surface area contributed by atoms with Crippen LogP contribution in [0.4, 0.5) is 15.8 Å². The summed E-state index contributed by atoms with van der Waals surface area (Å²) in [5.41, 5.74) is 6.53. The molecule has 0 aliphatic carbocycles. The molecule has 0 saturated carbocycles. The summed E-state index contributed by atoms with van der Waals surface area (Å²) < 4.78 is 16.5. The lowest BCUT2D eigenvalue weighted by molar-refractivity contribution is -0.135. The van der Waals surface area contributed by atoms with Gasteiger partial charge in [0.15, 0.2) is 0 Å². The molecule has 0 spiro atoms. The number of piperazine rings is 1. The van der Waals surface area contributed by atoms with Crippen molar-refractivity contribution in [1.82, 2.24) is 19.8 Å². The molecular weight excluding hydrogens is 517 g/mol. The fourth-order valence-corrected chi connectivity index (χ4v) is 5.50. The third-order valence-corrected chi connectivity index (χ3v) is 7.74. The minimum atomic E-state index is -0.550. The first-order valence-electron chi connectivity index (χ1n) is 12.5. The van der Waals surface area contributed by atoms with Gasteiger partial charge in [-0.1, -0.05) is 12.1 Å². The van der Waals surface area contributed by atoms with Crippen LogP contribution in [0, 0.1) is 5.82 Å². The number of halogens is 1. The molecule has 1 aliphatic heterocycles. The van der Waals surface area contributed by atoms with Crippen molar-refractivity contribution in [2.24, 2.45) is 0 Å². The second kappa shape index (κ2) is 10.4. The third kappa shape index (κ3) is 4.91. The zero-order valence-corrected chi connectivity index (χ0v) is 21.6. The number of aromatic nitrogens is 2. The number of carbonyl (C=O) groups excluding carboxylic acids is 2. The minimum absolute atomic E-state index is 0.250. The summed E-state index contributed by atoms with van der Waals surface area (Å²) in [6.07, 6.45) is 1.73. The molecule has 196 valence electrons. The van der Waals surface area contributed by atoms with Gasteiger partial charge in [-0.3, -0.25) is 14.6 Å². The number of nitrogens with one attached hydrogen (secondary N) is 1. The van der Waals surface area contributed by atoms with E-state index in [2.05, 4.69) is 15.3 Å². The summed E-state index contributed by atoms with van der Waals surface area (Å²) in [6, 6.07) is 18.0. The number of fused-ring (bicyclic) bond motifs is 2. The molecule has 0 bridgehead atoms. The van der Waals surface area contributed by atoms with Gasteiger partial charge in [-0.15, -0.1) is 11.3 Å². The number of nitrogens with zero attached hydrogens (tertiary/aromatic N) is 4. The zero-order chi connectivity index (χ0) is 26.9. The van der Waals surface area contributed by atoms with E-state index in [9.17, 15) is 9.59 Å². The number of thiazole rings is 1. The highest BCUT2D eigenvalue weighted by atomic mass is 32.1. The first-order chi connectivity index (χ1) is 19.0. The summed E-state index contributed by atoms with van der Waals surface area (Å²) in [4.78, 5) is 36.6. The van der Waals surface area contributed by atoms with Crippen LogP contribution in [0.1, 0.15) is 10.4 Å². The molecule has 0 unspecified atom stereocenters. The molecule has 1 saturated heterocycles. The highest BCUT2D eigenvalue weighted by molar-refractivity contribution is 7.16. The monoisotopic (exact) mass is 541 g/mol. The number of amides is 2. The molecule has 1 fully saturated rings. The van der Waals surface area contributed by atoms with E-state index in [1.54, 1.807) is 34.6 Å². The normalized spacial score (nSPS) is 13.7. The van der Waals surface area contributed by atoms with Crippen molar-refractivity contribution in [3.8, 4) is 11.1 Å². The predicted octanol–water partition coefficient (Wildman–Crippen LogP) is 4.67. The molecule has 3 aromatic carbocycles. The Morgan fingerprint density at radius 2 is 1.74 bits per heavy atom. The number of rotatable bonds is 5. The fourth-order valence-electron chi connectivity index (χ4n) is 4.84. The van der Waals surface area contributed by atoms with E-state index in [4.69, 9.17) is 5.11 Å². The second-order valence-corrected chi connectivity index (χ2v) is 10.2. The number of aliphatic hydroxyl groups excluding tert-OH is 1. The maximum atomic E-state index is 15.4. The van der Waals surface area contributed by atoms with Crippen LogP contribution in [0.15, 0.2) is 72.4 Å². The molecule has 2 aromatic heterocycles. The Bertz CT molecular complexity index is 1710. The molecule has 10 heteroatoms. The Kier molecular flexibility index (Phi) is 6.64. The highest BCUT2D eigenvalue weighted by Crippen LogP contribution is 2.32. The van der Waals surface area contributed by atoms with Crippen molar-refractivity contribution < 1.29 is 19.1 Å². The van der Waals surface area contributed by atoms with Crippen molar-refractivity contribution in [2.45, 2.75) is 0 Å². The topological polar surface area (TPSA) is 98.7 Å². The number of hydrogen-bond acceptors (Lipinski definition) is 7. The van der Waals surface area contributed by atoms with E-state index >= 15 is 4.39 Å². The Hall–Kier alpha value is -4.41. The van der Waals surface area contributed by atoms with E-state index < -0.39 is 12.4 Å². The smallest absolute Gasteiger partial charge is 0.254 e. The molecule has 0 atom stereocenters. The fraction of sp³-hybridized carbons (Fsp3) is 0.172. The second-order valence-electron chi connectivity index (χ2n) is 9.28. The van der Waals surface area contributed by atoms with Crippen LogP contribution in [-0.4, -0.2) is 69.5 Å². The summed E-state index contributed by atoms with van der Waals surface area (Å²) in [5.74, 6) is -1.15. The van der Waals surface area contributed by atoms with Gasteiger partial charge in [0, 0.05) is 60.3 Å². The van der Waals surface area contributed by atoms with Gasteiger partial charge in [0.25, 0.3) is 5.91 Å². The molecule has 2 N–H and O–H groups in total. The lowest BCUT2D eigenvalue weighted by Crippen LogP contribution is -2.51. The molecule has 39 heavy (non-hydrogen) atoms. The van der Waals surface area contributed by atoms with E-state index in [-0.39, 0.29) is 17.4 Å². The van der Waals surface area contributed by atoms with Crippen molar-refractivity contribution in [2.75, 3.05) is 38.1 Å². The molecule has 6 rings (SSSR count). The number of hydrogen-bond donors (Lipinski definition) is 2. The lowest BCUT2D eigenvalue weighted by atomic mass is 10.00. The van der Waals surface area contributed by atoms with Gasteiger partial charge in [-0.2, -0.15) is 0 Å². The van der Waals surface area contributed by atoms with E-state index in [1.165, 1.54) is 11.0 Å².